The highest BCUT2D eigenvalue weighted by Crippen LogP contribution is 2.44. The molecule has 0 spiro atoms. The van der Waals surface area contributed by atoms with Crippen LogP contribution in [0.15, 0.2) is 46.9 Å². The summed E-state index contributed by atoms with van der Waals surface area (Å²) in [4.78, 5) is 38.4. The molecule has 0 bridgehead atoms. The molecule has 1 saturated carbocycles. The average Bonchev–Trinajstić information content (AvgIpc) is 3.42. The number of thiophene rings is 1. The molecule has 184 valence electrons. The van der Waals surface area contributed by atoms with Gasteiger partial charge in [-0.25, -0.2) is 9.59 Å². The molecule has 1 fully saturated rings. The quantitative estimate of drug-likeness (QED) is 0.295. The van der Waals surface area contributed by atoms with Crippen molar-refractivity contribution in [1.29, 1.82) is 0 Å². The van der Waals surface area contributed by atoms with E-state index in [0.717, 1.165) is 37.8 Å². The number of ether oxygens (including phenoxy) is 1. The zero-order chi connectivity index (χ0) is 25.2. The SMILES string of the molecule is CCC(=O)N(Cc1ccc2sc(-c3ccccc3C(=O)O)c(Br)c2c1)CC1(OC(=O)O)CCCC1. The standard InChI is InChI=1S/C26H26BrNO6S/c1-2-21(29)28(15-26(34-25(32)33)11-5-6-12-26)14-16-9-10-20-19(13-16)22(27)23(35-20)17-7-3-4-8-18(17)24(30)31/h3-4,7-10,13H,2,5-6,11-12,14-15H2,1H3,(H,30,31)(H,32,33). The van der Waals surface area contributed by atoms with Crippen molar-refractivity contribution < 1.29 is 29.3 Å². The second kappa shape index (κ2) is 10.4. The third kappa shape index (κ3) is 5.36. The average molecular weight is 560 g/mol. The van der Waals surface area contributed by atoms with Gasteiger partial charge in [0.2, 0.25) is 5.91 Å². The summed E-state index contributed by atoms with van der Waals surface area (Å²) in [6.45, 7) is 2.35. The number of carboxylic acids is 1. The van der Waals surface area contributed by atoms with Crippen LogP contribution >= 0.6 is 27.3 Å². The van der Waals surface area contributed by atoms with E-state index in [1.54, 1.807) is 30.0 Å². The van der Waals surface area contributed by atoms with E-state index < -0.39 is 17.7 Å². The van der Waals surface area contributed by atoms with Crippen LogP contribution in [0.5, 0.6) is 0 Å². The Bertz CT molecular complexity index is 1280. The molecule has 0 saturated heterocycles. The molecule has 0 radical (unpaired) electrons. The summed E-state index contributed by atoms with van der Waals surface area (Å²) in [6.07, 6.45) is 1.95. The van der Waals surface area contributed by atoms with Crippen molar-refractivity contribution >= 4 is 55.4 Å². The molecule has 9 heteroatoms. The molecule has 2 N–H and O–H groups in total. The molecule has 1 amide bonds. The van der Waals surface area contributed by atoms with Crippen LogP contribution in [0.2, 0.25) is 0 Å². The molecule has 0 atom stereocenters. The summed E-state index contributed by atoms with van der Waals surface area (Å²) in [5, 5.41) is 19.8. The predicted molar refractivity (Wildman–Crippen MR) is 138 cm³/mol. The maximum atomic E-state index is 12.8. The Morgan fingerprint density at radius 2 is 1.83 bits per heavy atom. The Kier molecular flexibility index (Phi) is 7.47. The minimum atomic E-state index is -1.31. The Morgan fingerprint density at radius 1 is 1.11 bits per heavy atom. The lowest BCUT2D eigenvalue weighted by Gasteiger charge is -2.34. The number of carbonyl (C=O) groups excluding carboxylic acids is 1. The normalized spacial score (nSPS) is 14.7. The molecule has 1 aromatic heterocycles. The lowest BCUT2D eigenvalue weighted by atomic mass is 10.0. The number of carbonyl (C=O) groups is 3. The van der Waals surface area contributed by atoms with E-state index >= 15 is 0 Å². The van der Waals surface area contributed by atoms with Gasteiger partial charge < -0.3 is 19.8 Å². The second-order valence-corrected chi connectivity index (χ2v) is 10.6. The van der Waals surface area contributed by atoms with Crippen molar-refractivity contribution in [3.63, 3.8) is 0 Å². The lowest BCUT2D eigenvalue weighted by molar-refractivity contribution is -0.136. The van der Waals surface area contributed by atoms with Gasteiger partial charge in [-0.05, 0) is 65.4 Å². The maximum Gasteiger partial charge on any atom is 0.506 e. The summed E-state index contributed by atoms with van der Waals surface area (Å²) < 4.78 is 7.10. The van der Waals surface area contributed by atoms with E-state index in [1.165, 1.54) is 11.3 Å². The number of amides is 1. The number of hydrogen-bond donors (Lipinski definition) is 2. The lowest BCUT2D eigenvalue weighted by Crippen LogP contribution is -2.46. The predicted octanol–water partition coefficient (Wildman–Crippen LogP) is 6.78. The zero-order valence-electron chi connectivity index (χ0n) is 19.3. The largest absolute Gasteiger partial charge is 0.506 e. The second-order valence-electron chi connectivity index (χ2n) is 8.79. The molecule has 4 rings (SSSR count). The van der Waals surface area contributed by atoms with Gasteiger partial charge in [0.1, 0.15) is 5.60 Å². The highest BCUT2D eigenvalue weighted by Gasteiger charge is 2.40. The van der Waals surface area contributed by atoms with Crippen LogP contribution < -0.4 is 0 Å². The van der Waals surface area contributed by atoms with Crippen molar-refractivity contribution in [2.24, 2.45) is 0 Å². The van der Waals surface area contributed by atoms with Crippen LogP contribution in [-0.2, 0) is 16.1 Å². The zero-order valence-corrected chi connectivity index (χ0v) is 21.7. The van der Waals surface area contributed by atoms with E-state index in [-0.39, 0.29) is 18.0 Å². The molecule has 3 aromatic rings. The van der Waals surface area contributed by atoms with Crippen LogP contribution in [-0.4, -0.2) is 45.3 Å². The minimum Gasteiger partial charge on any atom is -0.478 e. The van der Waals surface area contributed by atoms with Gasteiger partial charge in [-0.1, -0.05) is 31.2 Å². The summed E-state index contributed by atoms with van der Waals surface area (Å²) in [6, 6.07) is 12.8. The van der Waals surface area contributed by atoms with Crippen molar-refractivity contribution in [2.45, 2.75) is 51.2 Å². The molecule has 1 heterocycles. The fourth-order valence-electron chi connectivity index (χ4n) is 4.77. The molecular weight excluding hydrogens is 534 g/mol. The summed E-state index contributed by atoms with van der Waals surface area (Å²) in [5.74, 6) is -1.05. The number of aromatic carboxylic acids is 1. The minimum absolute atomic E-state index is 0.0641. The van der Waals surface area contributed by atoms with Crippen molar-refractivity contribution in [3.05, 3.63) is 58.1 Å². The van der Waals surface area contributed by atoms with Crippen molar-refractivity contribution in [3.8, 4) is 10.4 Å². The molecule has 2 aromatic carbocycles. The number of rotatable bonds is 8. The van der Waals surface area contributed by atoms with Crippen molar-refractivity contribution in [2.75, 3.05) is 6.54 Å². The van der Waals surface area contributed by atoms with Gasteiger partial charge in [0.05, 0.1) is 17.0 Å². The van der Waals surface area contributed by atoms with Gasteiger partial charge in [0.15, 0.2) is 0 Å². The fourth-order valence-corrected chi connectivity index (χ4v) is 6.81. The highest BCUT2D eigenvalue weighted by molar-refractivity contribution is 9.10. The molecule has 1 aliphatic rings. The Morgan fingerprint density at radius 3 is 2.49 bits per heavy atom. The van der Waals surface area contributed by atoms with E-state index in [0.29, 0.717) is 31.4 Å². The van der Waals surface area contributed by atoms with E-state index in [4.69, 9.17) is 4.74 Å². The van der Waals surface area contributed by atoms with Gasteiger partial charge in [-0.3, -0.25) is 4.79 Å². The number of nitrogens with zero attached hydrogens (tertiary/aromatic N) is 1. The van der Waals surface area contributed by atoms with Crippen LogP contribution in [0.1, 0.15) is 54.9 Å². The van der Waals surface area contributed by atoms with E-state index in [1.807, 2.05) is 24.3 Å². The maximum absolute atomic E-state index is 12.8. The van der Waals surface area contributed by atoms with Crippen LogP contribution in [0.4, 0.5) is 4.79 Å². The molecule has 1 aliphatic carbocycles. The first-order valence-electron chi connectivity index (χ1n) is 11.5. The number of hydrogen-bond acceptors (Lipinski definition) is 5. The van der Waals surface area contributed by atoms with E-state index in [2.05, 4.69) is 15.9 Å². The molecule has 0 aliphatic heterocycles. The number of halogens is 1. The van der Waals surface area contributed by atoms with E-state index in [9.17, 15) is 24.6 Å². The Hall–Kier alpha value is -2.91. The Balaban J connectivity index is 1.66. The first-order chi connectivity index (χ1) is 16.7. The van der Waals surface area contributed by atoms with Crippen LogP contribution in [0.3, 0.4) is 0 Å². The fraction of sp³-hybridized carbons (Fsp3) is 0.346. The summed E-state index contributed by atoms with van der Waals surface area (Å²) >= 11 is 5.18. The topological polar surface area (TPSA) is 104 Å². The first-order valence-corrected chi connectivity index (χ1v) is 13.1. The van der Waals surface area contributed by atoms with Crippen LogP contribution in [0.25, 0.3) is 20.5 Å². The van der Waals surface area contributed by atoms with Crippen LogP contribution in [0, 0.1) is 0 Å². The van der Waals surface area contributed by atoms with Gasteiger partial charge in [-0.15, -0.1) is 11.3 Å². The van der Waals surface area contributed by atoms with Crippen molar-refractivity contribution in [1.82, 2.24) is 4.90 Å². The molecule has 35 heavy (non-hydrogen) atoms. The third-order valence-corrected chi connectivity index (χ3v) is 8.71. The Labute approximate surface area is 215 Å². The van der Waals surface area contributed by atoms with Gasteiger partial charge in [0.25, 0.3) is 0 Å². The molecule has 0 unspecified atom stereocenters. The first kappa shape index (κ1) is 25.2. The number of fused-ring (bicyclic) bond motifs is 1. The highest BCUT2D eigenvalue weighted by atomic mass is 79.9. The molecule has 7 nitrogen and oxygen atoms in total. The monoisotopic (exact) mass is 559 g/mol. The summed E-state index contributed by atoms with van der Waals surface area (Å²) in [5.41, 5.74) is 0.919. The number of benzene rings is 2. The van der Waals surface area contributed by atoms with Gasteiger partial charge in [0, 0.05) is 33.1 Å². The van der Waals surface area contributed by atoms with Gasteiger partial charge in [-0.2, -0.15) is 0 Å². The molecular formula is C26H26BrNO6S. The van der Waals surface area contributed by atoms with Gasteiger partial charge >= 0.3 is 12.1 Å². The summed E-state index contributed by atoms with van der Waals surface area (Å²) in [7, 11) is 0. The smallest absolute Gasteiger partial charge is 0.478 e. The third-order valence-electron chi connectivity index (χ3n) is 6.42. The number of carboxylic acid groups (broad SMARTS) is 2.